The van der Waals surface area contributed by atoms with Crippen LogP contribution in [0.15, 0.2) is 30.3 Å². The van der Waals surface area contributed by atoms with Crippen LogP contribution in [0, 0.1) is 10.1 Å². The monoisotopic (exact) mass is 362 g/mol. The molecule has 1 aromatic carbocycles. The van der Waals surface area contributed by atoms with Gasteiger partial charge in [0.1, 0.15) is 10.6 Å². The van der Waals surface area contributed by atoms with E-state index in [1.54, 1.807) is 6.92 Å². The number of nitrogens with zero attached hydrogens (tertiary/aromatic N) is 1. The maximum Gasteiger partial charge on any atom is 0.341 e. The number of hydrogen-bond donors (Lipinski definition) is 1. The number of nitrogens with one attached hydrogen (secondary N) is 1. The van der Waals surface area contributed by atoms with Gasteiger partial charge in [-0.05, 0) is 35.8 Å². The van der Waals surface area contributed by atoms with Gasteiger partial charge in [0.15, 0.2) is 0 Å². The molecule has 0 fully saturated rings. The van der Waals surface area contributed by atoms with Crippen molar-refractivity contribution >= 4 is 33.2 Å². The second kappa shape index (κ2) is 8.39. The predicted molar refractivity (Wildman–Crippen MR) is 95.1 cm³/mol. The minimum Gasteiger partial charge on any atom is -0.462 e. The number of anilines is 1. The van der Waals surface area contributed by atoms with Crippen molar-refractivity contribution in [2.75, 3.05) is 11.9 Å². The lowest BCUT2D eigenvalue weighted by Gasteiger charge is -2.06. The highest BCUT2D eigenvalue weighted by atomic mass is 32.1. The van der Waals surface area contributed by atoms with Crippen LogP contribution in [0.2, 0.25) is 0 Å². The zero-order valence-electron chi connectivity index (χ0n) is 13.9. The summed E-state index contributed by atoms with van der Waals surface area (Å²) in [5, 5.41) is 13.4. The molecular weight excluding hydrogens is 344 g/mol. The van der Waals surface area contributed by atoms with Crippen LogP contribution in [0.5, 0.6) is 0 Å². The van der Waals surface area contributed by atoms with E-state index >= 15 is 0 Å². The van der Waals surface area contributed by atoms with Gasteiger partial charge in [-0.25, -0.2) is 4.79 Å². The number of nitro groups is 1. The van der Waals surface area contributed by atoms with Gasteiger partial charge in [-0.3, -0.25) is 14.9 Å². The van der Waals surface area contributed by atoms with Crippen LogP contribution in [0.25, 0.3) is 0 Å². The zero-order valence-corrected chi connectivity index (χ0v) is 14.7. The number of thiophene rings is 1. The summed E-state index contributed by atoms with van der Waals surface area (Å²) >= 11 is 0.735. The summed E-state index contributed by atoms with van der Waals surface area (Å²) < 4.78 is 4.88. The van der Waals surface area contributed by atoms with Crippen molar-refractivity contribution in [2.45, 2.75) is 26.7 Å². The van der Waals surface area contributed by atoms with E-state index < -0.39 is 10.9 Å². The Bertz CT molecular complexity index is 783. The van der Waals surface area contributed by atoms with E-state index in [1.807, 2.05) is 31.2 Å². The molecule has 0 spiro atoms. The summed E-state index contributed by atoms with van der Waals surface area (Å²) in [6.07, 6.45) is 1.02. The number of amides is 1. The summed E-state index contributed by atoms with van der Waals surface area (Å²) in [4.78, 5) is 34.5. The van der Waals surface area contributed by atoms with E-state index in [9.17, 15) is 19.7 Å². The van der Waals surface area contributed by atoms with Crippen LogP contribution in [0.3, 0.4) is 0 Å². The Morgan fingerprint density at radius 2 is 1.84 bits per heavy atom. The van der Waals surface area contributed by atoms with Gasteiger partial charge in [-0.1, -0.05) is 31.2 Å². The van der Waals surface area contributed by atoms with E-state index in [-0.39, 0.29) is 34.5 Å². The molecule has 1 heterocycles. The van der Waals surface area contributed by atoms with E-state index in [0.717, 1.165) is 29.4 Å². The van der Waals surface area contributed by atoms with Gasteiger partial charge in [-0.15, -0.1) is 0 Å². The maximum absolute atomic E-state index is 12.2. The quantitative estimate of drug-likeness (QED) is 0.461. The minimum absolute atomic E-state index is 0.00627. The summed E-state index contributed by atoms with van der Waals surface area (Å²) in [6, 6.07) is 8.74. The van der Waals surface area contributed by atoms with Crippen molar-refractivity contribution in [2.24, 2.45) is 0 Å². The Balaban J connectivity index is 2.15. The van der Waals surface area contributed by atoms with Gasteiger partial charge in [0, 0.05) is 6.07 Å². The molecule has 7 nitrogen and oxygen atoms in total. The molecule has 2 rings (SSSR count). The van der Waals surface area contributed by atoms with E-state index in [1.165, 1.54) is 5.56 Å². The Kier molecular flexibility index (Phi) is 6.24. The van der Waals surface area contributed by atoms with Crippen molar-refractivity contribution in [1.82, 2.24) is 0 Å². The molecule has 1 aromatic heterocycles. The van der Waals surface area contributed by atoms with Gasteiger partial charge in [0.05, 0.1) is 18.0 Å². The molecule has 8 heteroatoms. The van der Waals surface area contributed by atoms with Gasteiger partial charge >= 0.3 is 11.0 Å². The van der Waals surface area contributed by atoms with Gasteiger partial charge in [-0.2, -0.15) is 0 Å². The Morgan fingerprint density at radius 3 is 2.40 bits per heavy atom. The number of rotatable bonds is 7. The first-order chi connectivity index (χ1) is 11.9. The highest BCUT2D eigenvalue weighted by molar-refractivity contribution is 7.19. The van der Waals surface area contributed by atoms with Crippen LogP contribution in [0.1, 0.15) is 35.3 Å². The molecule has 0 bridgehead atoms. The standard InChI is InChI=1S/C17H18N2O5S/c1-3-11-5-7-12(8-6-11)9-14(20)18-16-13(17(21)24-4-2)10-15(25-16)19(22)23/h5-8,10H,3-4,9H2,1-2H3,(H,18,20). The lowest BCUT2D eigenvalue weighted by Crippen LogP contribution is -2.16. The van der Waals surface area contributed by atoms with Crippen LogP contribution in [-0.4, -0.2) is 23.4 Å². The van der Waals surface area contributed by atoms with Gasteiger partial charge in [0.25, 0.3) is 0 Å². The van der Waals surface area contributed by atoms with Crippen molar-refractivity contribution < 1.29 is 19.2 Å². The molecule has 0 aliphatic carbocycles. The number of carbonyl (C=O) groups excluding carboxylic acids is 2. The molecule has 0 unspecified atom stereocenters. The normalized spacial score (nSPS) is 10.3. The molecule has 0 saturated heterocycles. The Labute approximate surface area is 148 Å². The Morgan fingerprint density at radius 1 is 1.20 bits per heavy atom. The van der Waals surface area contributed by atoms with Crippen LogP contribution in [-0.2, 0) is 22.4 Å². The molecule has 25 heavy (non-hydrogen) atoms. The van der Waals surface area contributed by atoms with Gasteiger partial charge < -0.3 is 10.1 Å². The third kappa shape index (κ3) is 4.87. The smallest absolute Gasteiger partial charge is 0.341 e. The SMILES string of the molecule is CCOC(=O)c1cc([N+](=O)[O-])sc1NC(=O)Cc1ccc(CC)cc1. The predicted octanol–water partition coefficient (Wildman–Crippen LogP) is 3.58. The number of carbonyl (C=O) groups is 2. The number of esters is 1. The van der Waals surface area contributed by atoms with E-state index in [0.29, 0.717) is 0 Å². The summed E-state index contributed by atoms with van der Waals surface area (Å²) in [5.74, 6) is -1.05. The number of benzene rings is 1. The molecular formula is C17H18N2O5S. The fourth-order valence-electron chi connectivity index (χ4n) is 2.17. The Hall–Kier alpha value is -2.74. The molecule has 0 aliphatic heterocycles. The first kappa shape index (κ1) is 18.6. The third-order valence-corrected chi connectivity index (χ3v) is 4.45. The fourth-order valence-corrected chi connectivity index (χ4v) is 3.05. The van der Waals surface area contributed by atoms with Crippen molar-refractivity contribution in [3.05, 3.63) is 57.1 Å². The number of ether oxygens (including phenoxy) is 1. The molecule has 0 saturated carbocycles. The average Bonchev–Trinajstić information content (AvgIpc) is 3.00. The van der Waals surface area contributed by atoms with Crippen molar-refractivity contribution in [3.63, 3.8) is 0 Å². The van der Waals surface area contributed by atoms with Crippen LogP contribution in [0.4, 0.5) is 10.0 Å². The average molecular weight is 362 g/mol. The third-order valence-electron chi connectivity index (χ3n) is 3.44. The largest absolute Gasteiger partial charge is 0.462 e. The maximum atomic E-state index is 12.2. The molecule has 1 amide bonds. The van der Waals surface area contributed by atoms with Crippen molar-refractivity contribution in [1.29, 1.82) is 0 Å². The lowest BCUT2D eigenvalue weighted by molar-refractivity contribution is -0.380. The first-order valence-corrected chi connectivity index (χ1v) is 8.59. The second-order valence-corrected chi connectivity index (χ2v) is 6.23. The van der Waals surface area contributed by atoms with Gasteiger partial charge in [0.2, 0.25) is 5.91 Å². The van der Waals surface area contributed by atoms with Crippen LogP contribution < -0.4 is 5.32 Å². The topological polar surface area (TPSA) is 98.5 Å². The molecule has 1 N–H and O–H groups in total. The summed E-state index contributed by atoms with van der Waals surface area (Å²) in [5.41, 5.74) is 1.98. The molecule has 0 aliphatic rings. The van der Waals surface area contributed by atoms with E-state index in [4.69, 9.17) is 4.74 Å². The van der Waals surface area contributed by atoms with Crippen molar-refractivity contribution in [3.8, 4) is 0 Å². The highest BCUT2D eigenvalue weighted by Gasteiger charge is 2.24. The molecule has 132 valence electrons. The molecule has 0 radical (unpaired) electrons. The van der Waals surface area contributed by atoms with Crippen LogP contribution >= 0.6 is 11.3 Å². The molecule has 2 aromatic rings. The second-order valence-electron chi connectivity index (χ2n) is 5.20. The summed E-state index contributed by atoms with van der Waals surface area (Å²) in [6.45, 7) is 3.82. The minimum atomic E-state index is -0.700. The lowest BCUT2D eigenvalue weighted by atomic mass is 10.1. The fraction of sp³-hybridized carbons (Fsp3) is 0.294. The number of hydrogen-bond acceptors (Lipinski definition) is 6. The number of aryl methyl sites for hydroxylation is 1. The highest BCUT2D eigenvalue weighted by Crippen LogP contribution is 2.34. The summed E-state index contributed by atoms with van der Waals surface area (Å²) in [7, 11) is 0. The van der Waals surface area contributed by atoms with E-state index in [2.05, 4.69) is 5.32 Å². The zero-order chi connectivity index (χ0) is 18.4. The first-order valence-electron chi connectivity index (χ1n) is 7.77. The molecule has 0 atom stereocenters.